The number of methoxy groups -OCH3 is 2. The molecule has 0 aliphatic heterocycles. The Morgan fingerprint density at radius 2 is 0.361 bits per heavy atom. The van der Waals surface area contributed by atoms with Gasteiger partial charge in [0.15, 0.2) is 0 Å². The van der Waals surface area contributed by atoms with E-state index in [1.54, 1.807) is 28.4 Å². The van der Waals surface area contributed by atoms with Gasteiger partial charge in [-0.2, -0.15) is 0 Å². The second kappa shape index (κ2) is 58.1. The van der Waals surface area contributed by atoms with E-state index in [-0.39, 0.29) is 11.6 Å². The summed E-state index contributed by atoms with van der Waals surface area (Å²) in [5, 5.41) is 0. The van der Waals surface area contributed by atoms with E-state index in [4.69, 9.17) is 0 Å². The zero-order valence-corrected chi connectivity index (χ0v) is 25.0. The van der Waals surface area contributed by atoms with E-state index in [9.17, 15) is 9.59 Å². The van der Waals surface area contributed by atoms with E-state index >= 15 is 0 Å². The van der Waals surface area contributed by atoms with Gasteiger partial charge in [0.1, 0.15) is 11.6 Å². The highest BCUT2D eigenvalue weighted by atomic mass is 16.5. The largest absolute Gasteiger partial charge is 0.388 e. The van der Waals surface area contributed by atoms with Crippen molar-refractivity contribution < 1.29 is 19.1 Å². The van der Waals surface area contributed by atoms with Crippen molar-refractivity contribution >= 4 is 11.6 Å². The lowest BCUT2D eigenvalue weighted by atomic mass is 10.4. The SMILES string of the molecule is CC.CC.CC(C)=O.CC(C)=O.COC.COC.c1ccccc1.c1ccccc1.c1ccccc1. The van der Waals surface area contributed by atoms with Gasteiger partial charge in [-0.05, 0) is 27.7 Å². The van der Waals surface area contributed by atoms with Crippen LogP contribution in [0.5, 0.6) is 0 Å². The number of hydrogen-bond acceptors (Lipinski definition) is 4. The lowest BCUT2D eigenvalue weighted by Crippen LogP contribution is -1.69. The highest BCUT2D eigenvalue weighted by Gasteiger charge is 1.63. The number of rotatable bonds is 0. The van der Waals surface area contributed by atoms with E-state index in [0.29, 0.717) is 0 Å². The quantitative estimate of drug-likeness (QED) is 0.308. The van der Waals surface area contributed by atoms with Gasteiger partial charge < -0.3 is 19.1 Å². The van der Waals surface area contributed by atoms with Crippen molar-refractivity contribution in [2.24, 2.45) is 0 Å². The Bertz CT molecular complexity index is 480. The monoisotopic (exact) mass is 502 g/mol. The Hall–Kier alpha value is -3.08. The highest BCUT2D eigenvalue weighted by molar-refractivity contribution is 5.72. The second-order valence-corrected chi connectivity index (χ2v) is 6.10. The fourth-order valence-electron chi connectivity index (χ4n) is 1.15. The first-order chi connectivity index (χ1) is 17.3. The molecule has 0 amide bonds. The number of carbonyl (C=O) groups excluding carboxylic acids is 2. The summed E-state index contributed by atoms with van der Waals surface area (Å²) in [7, 11) is 6.50. The van der Waals surface area contributed by atoms with Crippen molar-refractivity contribution in [3.8, 4) is 0 Å². The minimum absolute atomic E-state index is 0.167. The molecule has 0 aliphatic rings. The molecule has 3 rings (SSSR count). The topological polar surface area (TPSA) is 52.6 Å². The van der Waals surface area contributed by atoms with Crippen LogP contribution in [0.15, 0.2) is 109 Å². The molecule has 36 heavy (non-hydrogen) atoms. The molecule has 0 atom stereocenters. The first-order valence-electron chi connectivity index (χ1n) is 12.0. The van der Waals surface area contributed by atoms with Crippen LogP contribution < -0.4 is 0 Å². The lowest BCUT2D eigenvalue weighted by Gasteiger charge is -1.69. The molecule has 0 fully saturated rings. The van der Waals surface area contributed by atoms with E-state index in [1.807, 2.05) is 137 Å². The predicted molar refractivity (Wildman–Crippen MR) is 161 cm³/mol. The van der Waals surface area contributed by atoms with Gasteiger partial charge in [0, 0.05) is 28.4 Å². The van der Waals surface area contributed by atoms with Crippen LogP contribution in [0.1, 0.15) is 55.4 Å². The summed E-state index contributed by atoms with van der Waals surface area (Å²) in [4.78, 5) is 18.9. The third-order valence-electron chi connectivity index (χ3n) is 2.00. The molecule has 0 spiro atoms. The van der Waals surface area contributed by atoms with Crippen LogP contribution in [-0.2, 0) is 19.1 Å². The molecule has 0 radical (unpaired) electrons. The molecule has 0 heterocycles. The molecule has 0 saturated carbocycles. The van der Waals surface area contributed by atoms with Crippen molar-refractivity contribution in [3.05, 3.63) is 109 Å². The number of ketones is 2. The minimum atomic E-state index is 0.167. The lowest BCUT2D eigenvalue weighted by molar-refractivity contribution is -0.115. The summed E-state index contributed by atoms with van der Waals surface area (Å²) < 4.78 is 8.50. The van der Waals surface area contributed by atoms with Crippen LogP contribution in [0.2, 0.25) is 0 Å². The molecule has 3 aromatic carbocycles. The predicted octanol–water partition coefficient (Wildman–Crippen LogP) is 8.83. The van der Waals surface area contributed by atoms with Crippen LogP contribution >= 0.6 is 0 Å². The summed E-state index contributed by atoms with van der Waals surface area (Å²) in [5.74, 6) is 0.333. The molecular weight excluding hydrogens is 448 g/mol. The smallest absolute Gasteiger partial charge is 0.126 e. The van der Waals surface area contributed by atoms with Crippen molar-refractivity contribution in [1.82, 2.24) is 0 Å². The van der Waals surface area contributed by atoms with Crippen molar-refractivity contribution in [2.45, 2.75) is 55.4 Å². The molecule has 3 aromatic rings. The number of hydrogen-bond donors (Lipinski definition) is 0. The maximum Gasteiger partial charge on any atom is 0.126 e. The van der Waals surface area contributed by atoms with Crippen LogP contribution in [0.25, 0.3) is 0 Å². The average Bonchev–Trinajstić information content (AvgIpc) is 2.91. The number of Topliss-reactive ketones (excluding diaryl/α,β-unsaturated/α-hetero) is 2. The zero-order valence-electron chi connectivity index (χ0n) is 25.0. The molecule has 4 heteroatoms. The van der Waals surface area contributed by atoms with Gasteiger partial charge in [-0.15, -0.1) is 0 Å². The van der Waals surface area contributed by atoms with Gasteiger partial charge in [0.2, 0.25) is 0 Å². The molecule has 206 valence electrons. The van der Waals surface area contributed by atoms with Crippen LogP contribution in [0.4, 0.5) is 0 Å². The molecule has 0 aliphatic carbocycles. The Kier molecular flexibility index (Phi) is 74.7. The van der Waals surface area contributed by atoms with Gasteiger partial charge in [-0.25, -0.2) is 0 Å². The number of benzene rings is 3. The summed E-state index contributed by atoms with van der Waals surface area (Å²) in [6, 6.07) is 36.0. The Balaban J connectivity index is -0.0000000726. The van der Waals surface area contributed by atoms with Gasteiger partial charge >= 0.3 is 0 Å². The zero-order chi connectivity index (χ0) is 29.3. The third-order valence-corrected chi connectivity index (χ3v) is 2.00. The summed E-state index contributed by atoms with van der Waals surface area (Å²) in [6.07, 6.45) is 0. The fraction of sp³-hybridized carbons (Fsp3) is 0.375. The van der Waals surface area contributed by atoms with Gasteiger partial charge in [0.25, 0.3) is 0 Å². The van der Waals surface area contributed by atoms with Gasteiger partial charge in [0.05, 0.1) is 0 Å². The summed E-state index contributed by atoms with van der Waals surface area (Å²) >= 11 is 0. The van der Waals surface area contributed by atoms with Crippen LogP contribution in [0.3, 0.4) is 0 Å². The van der Waals surface area contributed by atoms with E-state index < -0.39 is 0 Å². The van der Waals surface area contributed by atoms with Crippen LogP contribution in [-0.4, -0.2) is 40.0 Å². The summed E-state index contributed by atoms with van der Waals surface area (Å²) in [6.45, 7) is 14.1. The summed E-state index contributed by atoms with van der Waals surface area (Å²) in [5.41, 5.74) is 0. The van der Waals surface area contributed by atoms with E-state index in [0.717, 1.165) is 0 Å². The Morgan fingerprint density at radius 1 is 0.333 bits per heavy atom. The van der Waals surface area contributed by atoms with Gasteiger partial charge in [-0.1, -0.05) is 137 Å². The average molecular weight is 503 g/mol. The van der Waals surface area contributed by atoms with E-state index in [2.05, 4.69) is 9.47 Å². The van der Waals surface area contributed by atoms with Gasteiger partial charge in [-0.3, -0.25) is 0 Å². The highest BCUT2D eigenvalue weighted by Crippen LogP contribution is 1.81. The standard InChI is InChI=1S/3C6H6.2C3H6O.2C2H6O.2C2H6/c3*1-2-4-6-5-3-1;2*1-3(2)4;2*1-3-2;2*1-2/h3*1-6H;2*1-2H3;2*1-2H3;2*1-2H3. The second-order valence-electron chi connectivity index (χ2n) is 6.10. The van der Waals surface area contributed by atoms with Crippen molar-refractivity contribution in [3.63, 3.8) is 0 Å². The minimum Gasteiger partial charge on any atom is -0.388 e. The first-order valence-corrected chi connectivity index (χ1v) is 12.0. The third kappa shape index (κ3) is 124. The number of ether oxygens (including phenoxy) is 2. The maximum absolute atomic E-state index is 9.44. The maximum atomic E-state index is 9.44. The molecule has 0 bridgehead atoms. The van der Waals surface area contributed by atoms with E-state index in [1.165, 1.54) is 27.7 Å². The normalized spacial score (nSPS) is 6.78. The van der Waals surface area contributed by atoms with Crippen molar-refractivity contribution in [2.75, 3.05) is 28.4 Å². The molecule has 0 unspecified atom stereocenters. The molecule has 0 saturated heterocycles. The fourth-order valence-corrected chi connectivity index (χ4v) is 1.15. The number of carbonyl (C=O) groups is 2. The molecule has 0 N–H and O–H groups in total. The molecular formula is C32H54O4. The molecule has 0 aromatic heterocycles. The Labute approximate surface area is 223 Å². The van der Waals surface area contributed by atoms with Crippen molar-refractivity contribution in [1.29, 1.82) is 0 Å². The molecule has 4 nitrogen and oxygen atoms in total. The first kappa shape index (κ1) is 46.3. The van der Waals surface area contributed by atoms with Crippen LogP contribution in [0, 0.1) is 0 Å². The Morgan fingerprint density at radius 3 is 0.389 bits per heavy atom.